The van der Waals surface area contributed by atoms with Crippen LogP contribution in [0.2, 0.25) is 0 Å². The van der Waals surface area contributed by atoms with Crippen molar-refractivity contribution in [1.29, 1.82) is 0 Å². The van der Waals surface area contributed by atoms with Crippen LogP contribution in [-0.2, 0) is 20.1 Å². The molecule has 30 heavy (non-hydrogen) atoms. The van der Waals surface area contributed by atoms with Gasteiger partial charge in [-0.3, -0.25) is 0 Å². The molecule has 10 nitrogen and oxygen atoms in total. The summed E-state index contributed by atoms with van der Waals surface area (Å²) < 4.78 is 2.55. The highest BCUT2D eigenvalue weighted by Gasteiger charge is 2.15. The van der Waals surface area contributed by atoms with Gasteiger partial charge in [0.2, 0.25) is 0 Å². The van der Waals surface area contributed by atoms with Crippen LogP contribution >= 0.6 is 0 Å². The van der Waals surface area contributed by atoms with Crippen LogP contribution in [-0.4, -0.2) is 49.2 Å². The first-order valence-corrected chi connectivity index (χ1v) is 9.74. The van der Waals surface area contributed by atoms with Crippen molar-refractivity contribution in [2.75, 3.05) is 23.7 Å². The van der Waals surface area contributed by atoms with Gasteiger partial charge in [0.05, 0.1) is 25.3 Å². The van der Waals surface area contributed by atoms with Crippen molar-refractivity contribution in [2.24, 2.45) is 7.05 Å². The highest BCUT2D eigenvalue weighted by Crippen LogP contribution is 2.13. The van der Waals surface area contributed by atoms with Crippen molar-refractivity contribution in [3.05, 3.63) is 68.4 Å². The molecule has 0 spiro atoms. The van der Waals surface area contributed by atoms with Gasteiger partial charge in [-0.25, -0.2) is 28.1 Å². The summed E-state index contributed by atoms with van der Waals surface area (Å²) in [6.45, 7) is 5.67. The van der Waals surface area contributed by atoms with Crippen LogP contribution in [0, 0.1) is 0 Å². The maximum Gasteiger partial charge on any atom is 0.336 e. The van der Waals surface area contributed by atoms with E-state index in [9.17, 15) is 24.6 Å². The number of anilines is 2. The zero-order valence-electron chi connectivity index (χ0n) is 17.2. The molecule has 4 N–H and O–H groups in total. The molecule has 10 heteroatoms. The van der Waals surface area contributed by atoms with E-state index in [-0.39, 0.29) is 19.6 Å². The Hall–Kier alpha value is -3.11. The number of aliphatic hydroxyl groups is 2. The fourth-order valence-electron chi connectivity index (χ4n) is 2.79. The van der Waals surface area contributed by atoms with E-state index in [2.05, 4.69) is 17.2 Å². The van der Waals surface area contributed by atoms with E-state index in [0.717, 1.165) is 25.1 Å². The average molecular weight is 419 g/mol. The van der Waals surface area contributed by atoms with E-state index in [0.29, 0.717) is 13.0 Å². The van der Waals surface area contributed by atoms with Gasteiger partial charge < -0.3 is 20.8 Å². The van der Waals surface area contributed by atoms with Crippen LogP contribution in [0.15, 0.2) is 51.3 Å². The molecule has 2 rings (SSSR count). The Morgan fingerprint density at radius 1 is 0.933 bits per heavy atom. The standard InChI is InChI=1S/C20H29N5O5/c1-4-10-24-18(28)23(3)19(29)25(20(24)30)13-17(27)12-22-15-8-6-14(7-9-15)21-11-16(26)5-2/h4,6-9,16-17,21-22,26-27H,1,5,10-13H2,2-3H3. The predicted octanol–water partition coefficient (Wildman–Crippen LogP) is -0.449. The Bertz CT molecular complexity index is 1020. The molecule has 0 aliphatic carbocycles. The van der Waals surface area contributed by atoms with Crippen molar-refractivity contribution in [3.8, 4) is 0 Å². The van der Waals surface area contributed by atoms with Gasteiger partial charge in [-0.15, -0.1) is 6.58 Å². The fourth-order valence-corrected chi connectivity index (χ4v) is 2.79. The molecule has 0 saturated heterocycles. The third-order valence-electron chi connectivity index (χ3n) is 4.64. The van der Waals surface area contributed by atoms with Gasteiger partial charge in [0.25, 0.3) is 0 Å². The first-order chi connectivity index (χ1) is 14.3. The normalized spacial score (nSPS) is 12.9. The number of aliphatic hydroxyl groups excluding tert-OH is 2. The average Bonchev–Trinajstić information content (AvgIpc) is 2.75. The smallest absolute Gasteiger partial charge is 0.336 e. The van der Waals surface area contributed by atoms with Gasteiger partial charge in [-0.05, 0) is 30.7 Å². The van der Waals surface area contributed by atoms with Crippen LogP contribution in [0.25, 0.3) is 0 Å². The summed E-state index contributed by atoms with van der Waals surface area (Å²) in [4.78, 5) is 36.8. The lowest BCUT2D eigenvalue weighted by molar-refractivity contribution is 0.160. The first kappa shape index (κ1) is 23.2. The number of nitrogens with zero attached hydrogens (tertiary/aromatic N) is 3. The molecule has 0 radical (unpaired) electrons. The van der Waals surface area contributed by atoms with Gasteiger partial charge in [0.1, 0.15) is 0 Å². The number of benzene rings is 1. The number of aromatic nitrogens is 3. The van der Waals surface area contributed by atoms with Crippen LogP contribution in [0.3, 0.4) is 0 Å². The third kappa shape index (κ3) is 5.71. The summed E-state index contributed by atoms with van der Waals surface area (Å²) in [7, 11) is 1.28. The summed E-state index contributed by atoms with van der Waals surface area (Å²) in [6.07, 6.45) is 0.608. The second-order valence-electron chi connectivity index (χ2n) is 6.97. The Morgan fingerprint density at radius 2 is 1.43 bits per heavy atom. The van der Waals surface area contributed by atoms with Crippen LogP contribution in [0.5, 0.6) is 0 Å². The second kappa shape index (κ2) is 10.6. The SMILES string of the molecule is C=CCn1c(=O)n(C)c(=O)n(CC(O)CNc2ccc(NCC(O)CC)cc2)c1=O. The molecule has 0 saturated carbocycles. The molecule has 2 atom stereocenters. The molecule has 2 aromatic rings. The number of allylic oxidation sites excluding steroid dienone is 1. The maximum atomic E-state index is 12.4. The molecule has 1 heterocycles. The number of nitrogens with one attached hydrogen (secondary N) is 2. The molecule has 1 aromatic heterocycles. The highest BCUT2D eigenvalue weighted by atomic mass is 16.3. The molecule has 0 aliphatic heterocycles. The molecule has 2 unspecified atom stereocenters. The predicted molar refractivity (Wildman–Crippen MR) is 116 cm³/mol. The maximum absolute atomic E-state index is 12.4. The van der Waals surface area contributed by atoms with Crippen molar-refractivity contribution in [1.82, 2.24) is 13.7 Å². The molecular weight excluding hydrogens is 390 g/mol. The van der Waals surface area contributed by atoms with Crippen molar-refractivity contribution in [3.63, 3.8) is 0 Å². The number of hydrogen-bond donors (Lipinski definition) is 4. The lowest BCUT2D eigenvalue weighted by atomic mass is 10.2. The minimum atomic E-state index is -1.04. The van der Waals surface area contributed by atoms with Crippen LogP contribution in [0.1, 0.15) is 13.3 Å². The minimum Gasteiger partial charge on any atom is -0.391 e. The van der Waals surface area contributed by atoms with Gasteiger partial charge >= 0.3 is 17.1 Å². The molecular formula is C20H29N5O5. The minimum absolute atomic E-state index is 0.0319. The fraction of sp³-hybridized carbons (Fsp3) is 0.450. The van der Waals surface area contributed by atoms with E-state index in [1.807, 2.05) is 31.2 Å². The molecule has 1 aromatic carbocycles. The van der Waals surface area contributed by atoms with Gasteiger partial charge in [0.15, 0.2) is 0 Å². The topological polar surface area (TPSA) is 131 Å². The van der Waals surface area contributed by atoms with E-state index >= 15 is 0 Å². The van der Waals surface area contributed by atoms with Gasteiger partial charge in [-0.2, -0.15) is 0 Å². The third-order valence-corrected chi connectivity index (χ3v) is 4.64. The van der Waals surface area contributed by atoms with Crippen LogP contribution < -0.4 is 27.7 Å². The summed E-state index contributed by atoms with van der Waals surface area (Å²) in [5, 5.41) is 26.0. The molecule has 0 aliphatic rings. The lowest BCUT2D eigenvalue weighted by Gasteiger charge is -2.16. The Balaban J connectivity index is 2.02. The lowest BCUT2D eigenvalue weighted by Crippen LogP contribution is -2.54. The Morgan fingerprint density at radius 3 is 1.93 bits per heavy atom. The molecule has 0 fully saturated rings. The van der Waals surface area contributed by atoms with Crippen molar-refractivity contribution >= 4 is 11.4 Å². The summed E-state index contributed by atoms with van der Waals surface area (Å²) in [5.41, 5.74) is -0.699. The summed E-state index contributed by atoms with van der Waals surface area (Å²) in [5.74, 6) is 0. The quantitative estimate of drug-likeness (QED) is 0.363. The second-order valence-corrected chi connectivity index (χ2v) is 6.97. The van der Waals surface area contributed by atoms with E-state index in [1.165, 1.54) is 13.1 Å². The Kier molecular flexibility index (Phi) is 8.19. The van der Waals surface area contributed by atoms with E-state index in [1.54, 1.807) is 0 Å². The van der Waals surface area contributed by atoms with Crippen LogP contribution in [0.4, 0.5) is 11.4 Å². The molecule has 164 valence electrons. The van der Waals surface area contributed by atoms with Gasteiger partial charge in [-0.1, -0.05) is 13.0 Å². The first-order valence-electron chi connectivity index (χ1n) is 9.74. The number of rotatable bonds is 11. The number of hydrogen-bond acceptors (Lipinski definition) is 7. The molecule has 0 bridgehead atoms. The highest BCUT2D eigenvalue weighted by molar-refractivity contribution is 5.53. The van der Waals surface area contributed by atoms with Gasteiger partial charge in [0, 0.05) is 31.5 Å². The largest absolute Gasteiger partial charge is 0.391 e. The van der Waals surface area contributed by atoms with Crippen molar-refractivity contribution in [2.45, 2.75) is 38.6 Å². The summed E-state index contributed by atoms with van der Waals surface area (Å²) in [6, 6.07) is 7.29. The van der Waals surface area contributed by atoms with E-state index in [4.69, 9.17) is 0 Å². The summed E-state index contributed by atoms with van der Waals surface area (Å²) >= 11 is 0. The van der Waals surface area contributed by atoms with Crippen molar-refractivity contribution < 1.29 is 10.2 Å². The zero-order valence-corrected chi connectivity index (χ0v) is 17.2. The zero-order chi connectivity index (χ0) is 22.3. The van der Waals surface area contributed by atoms with E-state index < -0.39 is 29.3 Å². The Labute approximate surface area is 173 Å². The molecule has 0 amide bonds. The monoisotopic (exact) mass is 419 g/mol.